The van der Waals surface area contributed by atoms with E-state index in [0.29, 0.717) is 19.6 Å². The molecule has 0 bridgehead atoms. The average Bonchev–Trinajstić information content (AvgIpc) is 2.59. The summed E-state index contributed by atoms with van der Waals surface area (Å²) in [5.74, 6) is 0.983. The topological polar surface area (TPSA) is 73.6 Å². The highest BCUT2D eigenvalue weighted by Crippen LogP contribution is 2.34. The molecule has 1 aromatic rings. The van der Waals surface area contributed by atoms with E-state index in [1.54, 1.807) is 0 Å². The van der Waals surface area contributed by atoms with Crippen LogP contribution in [0.4, 0.5) is 0 Å². The molecule has 5 nitrogen and oxygen atoms in total. The highest BCUT2D eigenvalue weighted by Gasteiger charge is 2.46. The third-order valence-electron chi connectivity index (χ3n) is 4.34. The molecule has 0 aromatic heterocycles. The van der Waals surface area contributed by atoms with E-state index >= 15 is 0 Å². The van der Waals surface area contributed by atoms with E-state index < -0.39 is 11.8 Å². The molecule has 1 amide bonds. The van der Waals surface area contributed by atoms with Crippen molar-refractivity contribution < 1.29 is 14.3 Å². The van der Waals surface area contributed by atoms with Gasteiger partial charge in [0, 0.05) is 12.2 Å². The van der Waals surface area contributed by atoms with Gasteiger partial charge in [-0.3, -0.25) is 4.79 Å². The van der Waals surface area contributed by atoms with E-state index in [1.807, 2.05) is 42.1 Å². The maximum Gasteiger partial charge on any atom is 0.237 e. The Morgan fingerprint density at radius 1 is 1.35 bits per heavy atom. The number of thioether (sulfide) groups is 1. The van der Waals surface area contributed by atoms with Gasteiger partial charge in [0.05, 0.1) is 25.3 Å². The van der Waals surface area contributed by atoms with Crippen molar-refractivity contribution in [1.29, 1.82) is 0 Å². The summed E-state index contributed by atoms with van der Waals surface area (Å²) >= 11 is 1.81. The quantitative estimate of drug-likeness (QED) is 0.867. The van der Waals surface area contributed by atoms with E-state index in [9.17, 15) is 4.79 Å². The zero-order valence-electron chi connectivity index (χ0n) is 13.2. The second-order valence-electron chi connectivity index (χ2n) is 6.04. The summed E-state index contributed by atoms with van der Waals surface area (Å²) in [7, 11) is 0. The summed E-state index contributed by atoms with van der Waals surface area (Å²) in [4.78, 5) is 12.5. The smallest absolute Gasteiger partial charge is 0.237 e. The van der Waals surface area contributed by atoms with Gasteiger partial charge in [-0.05, 0) is 24.2 Å². The third kappa shape index (κ3) is 4.07. The Morgan fingerprint density at radius 3 is 2.83 bits per heavy atom. The molecule has 2 fully saturated rings. The SMILES string of the molecule is N[C@@H](Cc1ccccc1)C(=O)N[C@@H]1CSCCC12OCCCO2. The number of nitrogens with one attached hydrogen (secondary N) is 1. The van der Waals surface area contributed by atoms with Crippen molar-refractivity contribution in [2.24, 2.45) is 5.73 Å². The minimum atomic E-state index is -0.661. The van der Waals surface area contributed by atoms with Crippen LogP contribution < -0.4 is 11.1 Å². The Kier molecular flexibility index (Phi) is 5.58. The van der Waals surface area contributed by atoms with Gasteiger partial charge in [-0.25, -0.2) is 0 Å². The zero-order valence-corrected chi connectivity index (χ0v) is 14.0. The standard InChI is InChI=1S/C17H24N2O3S/c18-14(11-13-5-2-1-3-6-13)16(20)19-15-12-23-10-7-17(15)21-8-4-9-22-17/h1-3,5-6,14-15H,4,7-12,18H2,(H,19,20)/t14-,15+/m0/s1. The van der Waals surface area contributed by atoms with Crippen molar-refractivity contribution in [2.75, 3.05) is 24.7 Å². The number of rotatable bonds is 4. The zero-order chi connectivity index (χ0) is 16.1. The van der Waals surface area contributed by atoms with E-state index in [1.165, 1.54) is 0 Å². The predicted octanol–water partition coefficient (Wildman–Crippen LogP) is 1.31. The number of amides is 1. The first-order valence-corrected chi connectivity index (χ1v) is 9.31. The van der Waals surface area contributed by atoms with Crippen molar-refractivity contribution >= 4 is 17.7 Å². The number of benzene rings is 1. The minimum absolute atomic E-state index is 0.140. The minimum Gasteiger partial charge on any atom is -0.348 e. The molecule has 2 heterocycles. The van der Waals surface area contributed by atoms with Crippen LogP contribution in [0.25, 0.3) is 0 Å². The fourth-order valence-corrected chi connectivity index (χ4v) is 4.21. The van der Waals surface area contributed by atoms with Gasteiger partial charge in [0.2, 0.25) is 5.91 Å². The summed E-state index contributed by atoms with van der Waals surface area (Å²) < 4.78 is 11.9. The van der Waals surface area contributed by atoms with E-state index in [0.717, 1.165) is 29.9 Å². The Balaban J connectivity index is 1.61. The third-order valence-corrected chi connectivity index (χ3v) is 5.41. The predicted molar refractivity (Wildman–Crippen MR) is 91.2 cm³/mol. The molecular weight excluding hydrogens is 312 g/mol. The lowest BCUT2D eigenvalue weighted by Crippen LogP contribution is -2.62. The Bertz CT molecular complexity index is 512. The number of ether oxygens (including phenoxy) is 2. The molecule has 6 heteroatoms. The van der Waals surface area contributed by atoms with Crippen LogP contribution in [0.5, 0.6) is 0 Å². The van der Waals surface area contributed by atoms with Crippen molar-refractivity contribution in [1.82, 2.24) is 5.32 Å². The molecule has 0 saturated carbocycles. The van der Waals surface area contributed by atoms with Gasteiger partial charge < -0.3 is 20.5 Å². The van der Waals surface area contributed by atoms with E-state index in [4.69, 9.17) is 15.2 Å². The molecule has 3 N–H and O–H groups in total. The summed E-state index contributed by atoms with van der Waals surface area (Å²) in [5.41, 5.74) is 7.15. The van der Waals surface area contributed by atoms with Crippen molar-refractivity contribution in [3.05, 3.63) is 35.9 Å². The van der Waals surface area contributed by atoms with Crippen molar-refractivity contribution in [3.63, 3.8) is 0 Å². The van der Waals surface area contributed by atoms with E-state index in [2.05, 4.69) is 5.32 Å². The number of hydrogen-bond donors (Lipinski definition) is 2. The molecule has 1 aromatic carbocycles. The van der Waals surface area contributed by atoms with Crippen LogP contribution in [0.1, 0.15) is 18.4 Å². The van der Waals surface area contributed by atoms with Crippen LogP contribution >= 0.6 is 11.8 Å². The second kappa shape index (κ2) is 7.66. The molecule has 0 radical (unpaired) electrons. The van der Waals surface area contributed by atoms with E-state index in [-0.39, 0.29) is 11.9 Å². The fourth-order valence-electron chi connectivity index (χ4n) is 3.04. The molecule has 2 aliphatic rings. The van der Waals surface area contributed by atoms with Crippen LogP contribution in [0.15, 0.2) is 30.3 Å². The summed E-state index contributed by atoms with van der Waals surface area (Å²) in [6.07, 6.45) is 2.24. The maximum absolute atomic E-state index is 12.5. The molecule has 2 aliphatic heterocycles. The molecule has 3 rings (SSSR count). The van der Waals surface area contributed by atoms with Crippen LogP contribution in [-0.4, -0.2) is 48.5 Å². The van der Waals surface area contributed by atoms with Gasteiger partial charge >= 0.3 is 0 Å². The average molecular weight is 336 g/mol. The molecule has 23 heavy (non-hydrogen) atoms. The first-order valence-electron chi connectivity index (χ1n) is 8.15. The molecule has 126 valence electrons. The van der Waals surface area contributed by atoms with Gasteiger partial charge in [-0.15, -0.1) is 0 Å². The first-order chi connectivity index (χ1) is 11.2. The molecule has 0 aliphatic carbocycles. The molecule has 1 spiro atoms. The number of carbonyl (C=O) groups excluding carboxylic acids is 1. The first kappa shape index (κ1) is 16.8. The Labute approximate surface area is 141 Å². The second-order valence-corrected chi connectivity index (χ2v) is 7.19. The fraction of sp³-hybridized carbons (Fsp3) is 0.588. The Morgan fingerprint density at radius 2 is 2.09 bits per heavy atom. The van der Waals surface area contributed by atoms with Crippen LogP contribution in [0.2, 0.25) is 0 Å². The Hall–Kier alpha value is -1.08. The van der Waals surface area contributed by atoms with Gasteiger partial charge in [-0.1, -0.05) is 30.3 Å². The normalized spacial score (nSPS) is 25.0. The van der Waals surface area contributed by atoms with Gasteiger partial charge in [0.15, 0.2) is 5.79 Å². The summed E-state index contributed by atoms with van der Waals surface area (Å²) in [6.45, 7) is 1.38. The largest absolute Gasteiger partial charge is 0.348 e. The van der Waals surface area contributed by atoms with Gasteiger partial charge in [0.25, 0.3) is 0 Å². The summed E-state index contributed by atoms with van der Waals surface area (Å²) in [5, 5.41) is 3.06. The molecule has 2 saturated heterocycles. The van der Waals surface area contributed by atoms with Crippen molar-refractivity contribution in [2.45, 2.75) is 37.1 Å². The van der Waals surface area contributed by atoms with Gasteiger partial charge in [0.1, 0.15) is 0 Å². The molecule has 0 unspecified atom stereocenters. The lowest BCUT2D eigenvalue weighted by atomic mass is 10.0. The highest BCUT2D eigenvalue weighted by atomic mass is 32.2. The highest BCUT2D eigenvalue weighted by molar-refractivity contribution is 7.99. The van der Waals surface area contributed by atoms with Crippen LogP contribution in [0, 0.1) is 0 Å². The monoisotopic (exact) mass is 336 g/mol. The molecule has 2 atom stereocenters. The van der Waals surface area contributed by atoms with Crippen molar-refractivity contribution in [3.8, 4) is 0 Å². The summed E-state index contributed by atoms with van der Waals surface area (Å²) in [6, 6.07) is 9.13. The lowest BCUT2D eigenvalue weighted by Gasteiger charge is -2.45. The van der Waals surface area contributed by atoms with Crippen LogP contribution in [-0.2, 0) is 20.7 Å². The lowest BCUT2D eigenvalue weighted by molar-refractivity contribution is -0.280. The molecular formula is C17H24N2O3S. The maximum atomic E-state index is 12.5. The van der Waals surface area contributed by atoms with Gasteiger partial charge in [-0.2, -0.15) is 11.8 Å². The van der Waals surface area contributed by atoms with Crippen LogP contribution in [0.3, 0.4) is 0 Å². The number of hydrogen-bond acceptors (Lipinski definition) is 5. The number of nitrogens with two attached hydrogens (primary N) is 1. The number of carbonyl (C=O) groups is 1.